The summed E-state index contributed by atoms with van der Waals surface area (Å²) in [6, 6.07) is 5.79. The van der Waals surface area contributed by atoms with Crippen LogP contribution >= 0.6 is 0 Å². The van der Waals surface area contributed by atoms with Crippen molar-refractivity contribution in [2.24, 2.45) is 0 Å². The Morgan fingerprint density at radius 3 is 2.19 bits per heavy atom. The van der Waals surface area contributed by atoms with Gasteiger partial charge in [0, 0.05) is 0 Å². The number of allylic oxidation sites excluding steroid dienone is 1. The van der Waals surface area contributed by atoms with Crippen molar-refractivity contribution in [2.45, 2.75) is 18.3 Å². The highest BCUT2D eigenvalue weighted by molar-refractivity contribution is 6.43. The summed E-state index contributed by atoms with van der Waals surface area (Å²) in [7, 11) is 0. The molecule has 7 heteroatoms. The molecule has 0 fully saturated rings. The smallest absolute Gasteiger partial charge is 0.233 e. The number of phenols is 1. The van der Waals surface area contributed by atoms with E-state index in [1.807, 2.05) is 0 Å². The van der Waals surface area contributed by atoms with Crippen LogP contribution in [0, 0.1) is 0 Å². The number of carbonyl (C=O) groups excluding carboxylic acids is 2. The van der Waals surface area contributed by atoms with Gasteiger partial charge in [0.05, 0.1) is 6.61 Å². The fourth-order valence-corrected chi connectivity index (χ4v) is 1.46. The summed E-state index contributed by atoms with van der Waals surface area (Å²) in [6.07, 6.45) is -3.60. The first-order valence-electron chi connectivity index (χ1n) is 6.07. The minimum atomic E-state index is -2.12. The molecule has 0 unspecified atom stereocenters. The summed E-state index contributed by atoms with van der Waals surface area (Å²) in [4.78, 5) is 23.1. The van der Waals surface area contributed by atoms with Crippen LogP contribution in [0.2, 0.25) is 0 Å². The molecule has 0 spiro atoms. The molecular weight excluding hydrogens is 280 g/mol. The van der Waals surface area contributed by atoms with Gasteiger partial charge in [0.25, 0.3) is 0 Å². The van der Waals surface area contributed by atoms with E-state index in [1.54, 1.807) is 0 Å². The molecule has 0 aliphatic carbocycles. The number of benzene rings is 1. The van der Waals surface area contributed by atoms with Crippen LogP contribution in [-0.2, 0) is 9.59 Å². The number of hydrogen-bond acceptors (Lipinski definition) is 7. The largest absolute Gasteiger partial charge is 0.508 e. The molecule has 0 saturated heterocycles. The zero-order chi connectivity index (χ0) is 16.0. The van der Waals surface area contributed by atoms with Crippen molar-refractivity contribution in [3.05, 3.63) is 35.9 Å². The predicted molar refractivity (Wildman–Crippen MR) is 72.3 cm³/mol. The van der Waals surface area contributed by atoms with E-state index in [1.165, 1.54) is 30.3 Å². The third-order valence-corrected chi connectivity index (χ3v) is 2.74. The standard InChI is InChI=1S/C14H16O7/c15-7-11(18)13(20)14(21)12(19)10(17)6-3-8-1-4-9(16)5-2-8/h1-6,11,13-16,18,20-21H,7H2/b6-3+/t11-,13-,14-/m1/s1. The first kappa shape index (κ1) is 17.0. The SMILES string of the molecule is O=C(/C=C/c1ccc(O)cc1)C(=O)[C@@H](O)[C@H](O)[C@H](O)CO. The normalized spacial score (nSPS) is 15.6. The van der Waals surface area contributed by atoms with E-state index in [-0.39, 0.29) is 5.75 Å². The monoisotopic (exact) mass is 296 g/mol. The number of aliphatic hydroxyl groups is 4. The molecule has 114 valence electrons. The van der Waals surface area contributed by atoms with Gasteiger partial charge in [0.2, 0.25) is 11.6 Å². The maximum absolute atomic E-state index is 11.5. The second-order valence-electron chi connectivity index (χ2n) is 4.34. The summed E-state index contributed by atoms with van der Waals surface area (Å²) in [5.41, 5.74) is 0.541. The van der Waals surface area contributed by atoms with E-state index in [0.29, 0.717) is 5.56 Å². The molecule has 0 aromatic heterocycles. The van der Waals surface area contributed by atoms with E-state index < -0.39 is 36.5 Å². The van der Waals surface area contributed by atoms with Crippen molar-refractivity contribution < 1.29 is 35.1 Å². The number of hydrogen-bond donors (Lipinski definition) is 5. The molecule has 21 heavy (non-hydrogen) atoms. The molecule has 3 atom stereocenters. The van der Waals surface area contributed by atoms with Crippen LogP contribution in [0.4, 0.5) is 0 Å². The molecule has 1 rings (SSSR count). The van der Waals surface area contributed by atoms with Crippen LogP contribution in [0.25, 0.3) is 6.08 Å². The number of aromatic hydroxyl groups is 1. The molecule has 1 aromatic rings. The van der Waals surface area contributed by atoms with Gasteiger partial charge in [-0.05, 0) is 23.8 Å². The molecule has 0 bridgehead atoms. The quantitative estimate of drug-likeness (QED) is 0.309. The highest BCUT2D eigenvalue weighted by Crippen LogP contribution is 2.11. The third kappa shape index (κ3) is 4.76. The van der Waals surface area contributed by atoms with Crippen molar-refractivity contribution in [2.75, 3.05) is 6.61 Å². The third-order valence-electron chi connectivity index (χ3n) is 2.74. The zero-order valence-corrected chi connectivity index (χ0v) is 11.0. The molecule has 0 radical (unpaired) electrons. The Balaban J connectivity index is 2.70. The average molecular weight is 296 g/mol. The van der Waals surface area contributed by atoms with Crippen molar-refractivity contribution in [1.82, 2.24) is 0 Å². The van der Waals surface area contributed by atoms with Crippen molar-refractivity contribution >= 4 is 17.6 Å². The molecule has 7 nitrogen and oxygen atoms in total. The van der Waals surface area contributed by atoms with Crippen LogP contribution in [-0.4, -0.2) is 62.0 Å². The Kier molecular flexibility index (Phi) is 6.19. The number of carbonyl (C=O) groups is 2. The molecule has 1 aromatic carbocycles. The Labute approximate surface area is 120 Å². The number of Topliss-reactive ketones (excluding diaryl/α,β-unsaturated/α-hetero) is 1. The van der Waals surface area contributed by atoms with Gasteiger partial charge in [0.15, 0.2) is 0 Å². The van der Waals surface area contributed by atoms with Crippen LogP contribution in [0.1, 0.15) is 5.56 Å². The van der Waals surface area contributed by atoms with Gasteiger partial charge >= 0.3 is 0 Å². The second kappa shape index (κ2) is 7.65. The summed E-state index contributed by atoms with van der Waals surface area (Å²) in [5.74, 6) is -2.32. The molecule has 0 aliphatic rings. The number of ketones is 2. The lowest BCUT2D eigenvalue weighted by Gasteiger charge is -2.19. The number of aliphatic hydroxyl groups excluding tert-OH is 4. The molecule has 0 amide bonds. The number of rotatable bonds is 7. The van der Waals surface area contributed by atoms with Gasteiger partial charge in [-0.15, -0.1) is 0 Å². The Morgan fingerprint density at radius 2 is 1.67 bits per heavy atom. The first-order chi connectivity index (χ1) is 9.86. The van der Waals surface area contributed by atoms with Gasteiger partial charge < -0.3 is 25.5 Å². The van der Waals surface area contributed by atoms with Crippen LogP contribution in [0.3, 0.4) is 0 Å². The van der Waals surface area contributed by atoms with E-state index >= 15 is 0 Å². The topological polar surface area (TPSA) is 135 Å². The summed E-state index contributed by atoms with van der Waals surface area (Å²) in [6.45, 7) is -0.858. The summed E-state index contributed by atoms with van der Waals surface area (Å²) < 4.78 is 0. The summed E-state index contributed by atoms with van der Waals surface area (Å²) in [5, 5.41) is 45.5. The van der Waals surface area contributed by atoms with Crippen molar-refractivity contribution in [1.29, 1.82) is 0 Å². The highest BCUT2D eigenvalue weighted by Gasteiger charge is 2.32. The van der Waals surface area contributed by atoms with Crippen molar-refractivity contribution in [3.63, 3.8) is 0 Å². The fourth-order valence-electron chi connectivity index (χ4n) is 1.46. The maximum Gasteiger partial charge on any atom is 0.233 e. The van der Waals surface area contributed by atoms with Gasteiger partial charge in [-0.3, -0.25) is 9.59 Å². The Morgan fingerprint density at radius 1 is 1.10 bits per heavy atom. The minimum Gasteiger partial charge on any atom is -0.508 e. The highest BCUT2D eigenvalue weighted by atomic mass is 16.4. The van der Waals surface area contributed by atoms with Crippen molar-refractivity contribution in [3.8, 4) is 5.75 Å². The van der Waals surface area contributed by atoms with Crippen LogP contribution < -0.4 is 0 Å². The Bertz CT molecular complexity index is 521. The second-order valence-corrected chi connectivity index (χ2v) is 4.34. The number of phenolic OH excluding ortho intramolecular Hbond substituents is 1. The lowest BCUT2D eigenvalue weighted by molar-refractivity contribution is -0.147. The molecule has 0 heterocycles. The average Bonchev–Trinajstić information content (AvgIpc) is 2.50. The minimum absolute atomic E-state index is 0.0473. The fraction of sp³-hybridized carbons (Fsp3) is 0.286. The molecular formula is C14H16O7. The van der Waals surface area contributed by atoms with Gasteiger partial charge in [-0.2, -0.15) is 0 Å². The summed E-state index contributed by atoms with van der Waals surface area (Å²) >= 11 is 0. The van der Waals surface area contributed by atoms with Crippen LogP contribution in [0.15, 0.2) is 30.3 Å². The van der Waals surface area contributed by atoms with E-state index in [0.717, 1.165) is 6.08 Å². The van der Waals surface area contributed by atoms with E-state index in [9.17, 15) is 19.8 Å². The van der Waals surface area contributed by atoms with Gasteiger partial charge in [-0.25, -0.2) is 0 Å². The van der Waals surface area contributed by atoms with Crippen LogP contribution in [0.5, 0.6) is 5.75 Å². The zero-order valence-electron chi connectivity index (χ0n) is 11.0. The van der Waals surface area contributed by atoms with E-state index in [4.69, 9.17) is 15.3 Å². The first-order valence-corrected chi connectivity index (χ1v) is 6.07. The van der Waals surface area contributed by atoms with E-state index in [2.05, 4.69) is 0 Å². The molecule has 5 N–H and O–H groups in total. The van der Waals surface area contributed by atoms with Gasteiger partial charge in [0.1, 0.15) is 24.1 Å². The lowest BCUT2D eigenvalue weighted by Crippen LogP contribution is -2.45. The van der Waals surface area contributed by atoms with Gasteiger partial charge in [-0.1, -0.05) is 18.2 Å². The lowest BCUT2D eigenvalue weighted by atomic mass is 10.0. The molecule has 0 saturated carbocycles. The Hall–Kier alpha value is -2.06. The predicted octanol–water partition coefficient (Wildman–Crippen LogP) is -1.38. The molecule has 0 aliphatic heterocycles. The maximum atomic E-state index is 11.5.